The molecule has 1 N–H and O–H groups in total. The number of rotatable bonds is 4. The lowest BCUT2D eigenvalue weighted by Crippen LogP contribution is -2.49. The summed E-state index contributed by atoms with van der Waals surface area (Å²) in [6.07, 6.45) is 9.80. The predicted octanol–water partition coefficient (Wildman–Crippen LogP) is 1.78. The van der Waals surface area contributed by atoms with E-state index >= 15 is 0 Å². The van der Waals surface area contributed by atoms with Gasteiger partial charge in [0.05, 0.1) is 6.33 Å². The standard InChI is InChI=1S/C17H26N4O2/c22-16-12-15(18-13-19-16)20-8-10-21(11-9-20)17(23)7-6-14-4-2-1-3-5-14/h12-14H,1-11H2,(H,18,19,22). The molecule has 1 aromatic rings. The number of carbonyl (C=O) groups excluding carboxylic acids is 1. The molecule has 23 heavy (non-hydrogen) atoms. The van der Waals surface area contributed by atoms with Crippen LogP contribution in [0.2, 0.25) is 0 Å². The van der Waals surface area contributed by atoms with Crippen molar-refractivity contribution in [3.8, 4) is 0 Å². The minimum atomic E-state index is -0.138. The molecule has 0 unspecified atom stereocenters. The molecular formula is C17H26N4O2. The number of anilines is 1. The highest BCUT2D eigenvalue weighted by atomic mass is 16.2. The summed E-state index contributed by atoms with van der Waals surface area (Å²) in [5.41, 5.74) is -0.138. The summed E-state index contributed by atoms with van der Waals surface area (Å²) < 4.78 is 0. The van der Waals surface area contributed by atoms with Crippen LogP contribution in [0.5, 0.6) is 0 Å². The van der Waals surface area contributed by atoms with Crippen LogP contribution in [-0.4, -0.2) is 47.0 Å². The smallest absolute Gasteiger partial charge is 0.252 e. The largest absolute Gasteiger partial charge is 0.353 e. The van der Waals surface area contributed by atoms with Gasteiger partial charge in [0.1, 0.15) is 5.82 Å². The molecule has 2 fully saturated rings. The molecule has 0 radical (unpaired) electrons. The van der Waals surface area contributed by atoms with Crippen LogP contribution in [-0.2, 0) is 4.79 Å². The zero-order valence-electron chi connectivity index (χ0n) is 13.7. The van der Waals surface area contributed by atoms with Crippen molar-refractivity contribution in [3.63, 3.8) is 0 Å². The quantitative estimate of drug-likeness (QED) is 0.919. The first-order valence-electron chi connectivity index (χ1n) is 8.80. The number of nitrogens with one attached hydrogen (secondary N) is 1. The fraction of sp³-hybridized carbons (Fsp3) is 0.706. The van der Waals surface area contributed by atoms with Crippen LogP contribution in [0.25, 0.3) is 0 Å². The second-order valence-corrected chi connectivity index (χ2v) is 6.68. The normalized spacial score (nSPS) is 19.8. The number of aromatic amines is 1. The topological polar surface area (TPSA) is 69.3 Å². The molecule has 1 saturated carbocycles. The van der Waals surface area contributed by atoms with E-state index in [1.807, 2.05) is 4.90 Å². The molecule has 6 nitrogen and oxygen atoms in total. The molecule has 1 saturated heterocycles. The molecule has 0 atom stereocenters. The molecule has 1 amide bonds. The Labute approximate surface area is 136 Å². The molecule has 0 spiro atoms. The minimum Gasteiger partial charge on any atom is -0.353 e. The van der Waals surface area contributed by atoms with E-state index in [-0.39, 0.29) is 11.5 Å². The second kappa shape index (κ2) is 7.62. The second-order valence-electron chi connectivity index (χ2n) is 6.68. The zero-order valence-corrected chi connectivity index (χ0v) is 13.7. The Morgan fingerprint density at radius 2 is 1.91 bits per heavy atom. The van der Waals surface area contributed by atoms with Gasteiger partial charge in [0.25, 0.3) is 5.56 Å². The Morgan fingerprint density at radius 1 is 1.17 bits per heavy atom. The van der Waals surface area contributed by atoms with E-state index in [1.54, 1.807) is 0 Å². The Balaban J connectivity index is 1.44. The van der Waals surface area contributed by atoms with Crippen molar-refractivity contribution in [1.29, 1.82) is 0 Å². The maximum atomic E-state index is 12.4. The SMILES string of the molecule is O=C(CCC1CCCCC1)N1CCN(c2cc(=O)[nH]cn2)CC1. The van der Waals surface area contributed by atoms with Crippen LogP contribution in [0.3, 0.4) is 0 Å². The lowest BCUT2D eigenvalue weighted by Gasteiger charge is -2.35. The number of carbonyl (C=O) groups is 1. The molecular weight excluding hydrogens is 292 g/mol. The van der Waals surface area contributed by atoms with Gasteiger partial charge in [-0.25, -0.2) is 4.98 Å². The lowest BCUT2D eigenvalue weighted by molar-refractivity contribution is -0.131. The lowest BCUT2D eigenvalue weighted by atomic mass is 9.86. The number of aromatic nitrogens is 2. The number of amides is 1. The van der Waals surface area contributed by atoms with E-state index in [2.05, 4.69) is 14.9 Å². The van der Waals surface area contributed by atoms with E-state index in [0.717, 1.165) is 38.5 Å². The molecule has 1 aromatic heterocycles. The first-order chi connectivity index (χ1) is 11.2. The van der Waals surface area contributed by atoms with Crippen LogP contribution in [0.15, 0.2) is 17.2 Å². The average molecular weight is 318 g/mol. The van der Waals surface area contributed by atoms with Gasteiger partial charge in [-0.1, -0.05) is 32.1 Å². The third kappa shape index (κ3) is 4.33. The molecule has 126 valence electrons. The van der Waals surface area contributed by atoms with E-state index in [4.69, 9.17) is 0 Å². The highest BCUT2D eigenvalue weighted by molar-refractivity contribution is 5.76. The van der Waals surface area contributed by atoms with E-state index in [9.17, 15) is 9.59 Å². The molecule has 2 aliphatic rings. The van der Waals surface area contributed by atoms with Crippen LogP contribution >= 0.6 is 0 Å². The number of piperazine rings is 1. The summed E-state index contributed by atoms with van der Waals surface area (Å²) in [5.74, 6) is 1.74. The monoisotopic (exact) mass is 318 g/mol. The van der Waals surface area contributed by atoms with Gasteiger partial charge in [-0.3, -0.25) is 9.59 Å². The first kappa shape index (κ1) is 16.0. The van der Waals surface area contributed by atoms with Crippen LogP contribution in [0.1, 0.15) is 44.9 Å². The van der Waals surface area contributed by atoms with Crippen molar-refractivity contribution in [2.24, 2.45) is 5.92 Å². The highest BCUT2D eigenvalue weighted by Gasteiger charge is 2.23. The van der Waals surface area contributed by atoms with Crippen molar-refractivity contribution >= 4 is 11.7 Å². The Hall–Kier alpha value is -1.85. The minimum absolute atomic E-state index is 0.138. The third-order valence-corrected chi connectivity index (χ3v) is 5.11. The molecule has 3 rings (SSSR count). The molecule has 0 bridgehead atoms. The van der Waals surface area contributed by atoms with E-state index < -0.39 is 0 Å². The van der Waals surface area contributed by atoms with Gasteiger partial charge in [0, 0.05) is 38.7 Å². The van der Waals surface area contributed by atoms with Gasteiger partial charge >= 0.3 is 0 Å². The number of H-pyrrole nitrogens is 1. The summed E-state index contributed by atoms with van der Waals surface area (Å²) in [5, 5.41) is 0. The van der Waals surface area contributed by atoms with Crippen molar-refractivity contribution in [1.82, 2.24) is 14.9 Å². The van der Waals surface area contributed by atoms with Crippen molar-refractivity contribution in [2.45, 2.75) is 44.9 Å². The van der Waals surface area contributed by atoms with Crippen LogP contribution in [0, 0.1) is 5.92 Å². The maximum Gasteiger partial charge on any atom is 0.252 e. The Bertz CT molecular complexity index is 572. The van der Waals surface area contributed by atoms with E-state index in [1.165, 1.54) is 44.5 Å². The van der Waals surface area contributed by atoms with Gasteiger partial charge in [-0.15, -0.1) is 0 Å². The van der Waals surface area contributed by atoms with Crippen molar-refractivity contribution < 1.29 is 4.79 Å². The molecule has 0 aromatic carbocycles. The summed E-state index contributed by atoms with van der Waals surface area (Å²) in [4.78, 5) is 34.5. The fourth-order valence-electron chi connectivity index (χ4n) is 3.68. The Morgan fingerprint density at radius 3 is 2.61 bits per heavy atom. The van der Waals surface area contributed by atoms with Crippen molar-refractivity contribution in [3.05, 3.63) is 22.7 Å². The van der Waals surface area contributed by atoms with Gasteiger partial charge in [-0.05, 0) is 12.3 Å². The van der Waals surface area contributed by atoms with Gasteiger partial charge < -0.3 is 14.8 Å². The molecule has 2 heterocycles. The predicted molar refractivity (Wildman–Crippen MR) is 89.5 cm³/mol. The summed E-state index contributed by atoms with van der Waals surface area (Å²) in [6.45, 7) is 2.92. The molecule has 6 heteroatoms. The highest BCUT2D eigenvalue weighted by Crippen LogP contribution is 2.27. The van der Waals surface area contributed by atoms with Crippen LogP contribution < -0.4 is 10.5 Å². The maximum absolute atomic E-state index is 12.4. The van der Waals surface area contributed by atoms with Crippen molar-refractivity contribution in [2.75, 3.05) is 31.1 Å². The zero-order chi connectivity index (χ0) is 16.1. The number of hydrogen-bond donors (Lipinski definition) is 1. The number of nitrogens with zero attached hydrogens (tertiary/aromatic N) is 3. The first-order valence-corrected chi connectivity index (χ1v) is 8.80. The molecule has 1 aliphatic heterocycles. The molecule has 1 aliphatic carbocycles. The van der Waals surface area contributed by atoms with Crippen LogP contribution in [0.4, 0.5) is 5.82 Å². The van der Waals surface area contributed by atoms with Gasteiger partial charge in [0.15, 0.2) is 0 Å². The van der Waals surface area contributed by atoms with Gasteiger partial charge in [0.2, 0.25) is 5.91 Å². The number of hydrogen-bond acceptors (Lipinski definition) is 4. The van der Waals surface area contributed by atoms with E-state index in [0.29, 0.717) is 12.2 Å². The van der Waals surface area contributed by atoms with Gasteiger partial charge in [-0.2, -0.15) is 0 Å². The Kier molecular flexibility index (Phi) is 5.31. The third-order valence-electron chi connectivity index (χ3n) is 5.11. The average Bonchev–Trinajstić information content (AvgIpc) is 2.61. The summed E-state index contributed by atoms with van der Waals surface area (Å²) >= 11 is 0. The fourth-order valence-corrected chi connectivity index (χ4v) is 3.68. The summed E-state index contributed by atoms with van der Waals surface area (Å²) in [6, 6.07) is 1.51. The summed E-state index contributed by atoms with van der Waals surface area (Å²) in [7, 11) is 0.